The molecule has 3 saturated heterocycles. The Morgan fingerprint density at radius 3 is 2.91 bits per heavy atom. The highest BCUT2D eigenvalue weighted by Gasteiger charge is 2.49. The van der Waals surface area contributed by atoms with Gasteiger partial charge in [-0.2, -0.15) is 9.97 Å². The maximum atomic E-state index is 16.7. The van der Waals surface area contributed by atoms with Crippen molar-refractivity contribution in [1.82, 2.24) is 19.9 Å². The summed E-state index contributed by atoms with van der Waals surface area (Å²) in [5, 5.41) is 11.5. The summed E-state index contributed by atoms with van der Waals surface area (Å²) >= 11 is 0. The van der Waals surface area contributed by atoms with Gasteiger partial charge in [0.2, 0.25) is 0 Å². The van der Waals surface area contributed by atoms with Gasteiger partial charge in [0.05, 0.1) is 29.7 Å². The van der Waals surface area contributed by atoms with Crippen LogP contribution in [-0.2, 0) is 4.74 Å². The number of aromatic hydroxyl groups is 1. The van der Waals surface area contributed by atoms with Crippen molar-refractivity contribution in [3.63, 3.8) is 0 Å². The van der Waals surface area contributed by atoms with Crippen LogP contribution in [0.4, 0.5) is 19.0 Å². The lowest BCUT2D eigenvalue weighted by Gasteiger charge is -2.31. The smallest absolute Gasteiger partial charge is 0.319 e. The number of anilines is 1. The molecule has 44 heavy (non-hydrogen) atoms. The van der Waals surface area contributed by atoms with Crippen LogP contribution >= 0.6 is 0 Å². The number of phenolic OH excluding ortho intramolecular Hbond substituents is 1. The second kappa shape index (κ2) is 11.1. The minimum absolute atomic E-state index is 0.0268. The molecule has 0 amide bonds. The second-order valence-corrected chi connectivity index (χ2v) is 12.2. The van der Waals surface area contributed by atoms with Crippen molar-refractivity contribution in [1.29, 1.82) is 0 Å². The third-order valence-corrected chi connectivity index (χ3v) is 9.07. The van der Waals surface area contributed by atoms with Crippen LogP contribution in [0.25, 0.3) is 32.9 Å². The standard InChI is InChI=1S/C33H32F3N5O3/c1-3-23-26(35)6-5-20-11-22(42)12-24(27(20)23)29-28(36)30-25(14-37-29)31(40-9-10-43-17-19(2)15-40)39-32(38-30)44-18-33-7-4-8-41(33)16-21(34)13-33/h1,5-6,11-12,14,19,21,42H,4,7-10,13,15-18H2,2H3/t19-,21+,33?/m0/s1. The van der Waals surface area contributed by atoms with Crippen molar-refractivity contribution in [3.8, 4) is 35.4 Å². The number of halogens is 3. The quantitative estimate of drug-likeness (QED) is 0.311. The first-order valence-electron chi connectivity index (χ1n) is 14.9. The largest absolute Gasteiger partial charge is 0.508 e. The minimum Gasteiger partial charge on any atom is -0.508 e. The summed E-state index contributed by atoms with van der Waals surface area (Å²) in [5.41, 5.74) is -0.570. The Bertz CT molecular complexity index is 1810. The molecule has 228 valence electrons. The number of hydrogen-bond donors (Lipinski definition) is 1. The van der Waals surface area contributed by atoms with E-state index < -0.39 is 23.3 Å². The lowest BCUT2D eigenvalue weighted by atomic mass is 9.95. The Kier molecular flexibility index (Phi) is 7.22. The van der Waals surface area contributed by atoms with E-state index in [-0.39, 0.29) is 52.0 Å². The maximum absolute atomic E-state index is 16.7. The highest BCUT2D eigenvalue weighted by molar-refractivity contribution is 6.03. The highest BCUT2D eigenvalue weighted by atomic mass is 19.1. The summed E-state index contributed by atoms with van der Waals surface area (Å²) in [5.74, 6) is 1.40. The molecule has 0 radical (unpaired) electrons. The SMILES string of the molecule is C#Cc1c(F)ccc2cc(O)cc(-c3ncc4c(N5CCOC[C@@H](C)C5)nc(OCC56CCCN5C[C@H](F)C6)nc4c3F)c12. The number of hydrogen-bond acceptors (Lipinski definition) is 8. The average molecular weight is 604 g/mol. The third-order valence-electron chi connectivity index (χ3n) is 9.07. The number of alkyl halides is 1. The summed E-state index contributed by atoms with van der Waals surface area (Å²) in [6, 6.07) is 5.40. The van der Waals surface area contributed by atoms with Gasteiger partial charge in [-0.15, -0.1) is 6.42 Å². The summed E-state index contributed by atoms with van der Waals surface area (Å²) in [4.78, 5) is 17.9. The molecule has 3 aliphatic rings. The monoisotopic (exact) mass is 603 g/mol. The molecule has 7 rings (SSSR count). The molecule has 3 atom stereocenters. The molecule has 5 heterocycles. The minimum atomic E-state index is -0.925. The Hall–Kier alpha value is -4.14. The number of phenols is 1. The average Bonchev–Trinajstić information content (AvgIpc) is 3.43. The van der Waals surface area contributed by atoms with E-state index in [4.69, 9.17) is 20.9 Å². The van der Waals surface area contributed by atoms with Gasteiger partial charge in [0, 0.05) is 43.2 Å². The van der Waals surface area contributed by atoms with E-state index >= 15 is 4.39 Å². The van der Waals surface area contributed by atoms with Gasteiger partial charge >= 0.3 is 6.01 Å². The number of ether oxygens (including phenoxy) is 2. The van der Waals surface area contributed by atoms with Crippen LogP contribution in [0.1, 0.15) is 31.7 Å². The van der Waals surface area contributed by atoms with E-state index in [0.717, 1.165) is 19.4 Å². The van der Waals surface area contributed by atoms with E-state index in [0.29, 0.717) is 55.9 Å². The first-order valence-corrected chi connectivity index (χ1v) is 14.9. The predicted molar refractivity (Wildman–Crippen MR) is 161 cm³/mol. The Labute approximate surface area is 252 Å². The van der Waals surface area contributed by atoms with Crippen molar-refractivity contribution < 1.29 is 27.8 Å². The molecular weight excluding hydrogens is 571 g/mol. The molecule has 2 aromatic carbocycles. The van der Waals surface area contributed by atoms with E-state index in [1.165, 1.54) is 30.5 Å². The van der Waals surface area contributed by atoms with Gasteiger partial charge in [-0.3, -0.25) is 9.88 Å². The van der Waals surface area contributed by atoms with E-state index in [2.05, 4.69) is 27.7 Å². The molecule has 0 aliphatic carbocycles. The van der Waals surface area contributed by atoms with Gasteiger partial charge in [-0.25, -0.2) is 13.2 Å². The topological polar surface area (TPSA) is 83.8 Å². The number of benzene rings is 2. The second-order valence-electron chi connectivity index (χ2n) is 12.2. The molecule has 3 aliphatic heterocycles. The number of fused-ring (bicyclic) bond motifs is 3. The molecule has 0 saturated carbocycles. The summed E-state index contributed by atoms with van der Waals surface area (Å²) in [6.07, 6.45) is 8.34. The molecule has 0 bridgehead atoms. The van der Waals surface area contributed by atoms with Crippen LogP contribution in [-0.4, -0.2) is 82.7 Å². The molecule has 11 heteroatoms. The lowest BCUT2D eigenvalue weighted by Crippen LogP contribution is -2.43. The Morgan fingerprint density at radius 2 is 2.07 bits per heavy atom. The van der Waals surface area contributed by atoms with E-state index in [1.807, 2.05) is 4.90 Å². The number of nitrogens with zero attached hydrogens (tertiary/aromatic N) is 5. The van der Waals surface area contributed by atoms with Gasteiger partial charge < -0.3 is 19.5 Å². The molecule has 8 nitrogen and oxygen atoms in total. The summed E-state index contributed by atoms with van der Waals surface area (Å²) in [6.45, 7) is 5.60. The fraction of sp³-hybridized carbons (Fsp3) is 0.424. The van der Waals surface area contributed by atoms with Crippen molar-refractivity contribution in [2.45, 2.75) is 37.9 Å². The fourth-order valence-corrected chi connectivity index (χ4v) is 7.09. The zero-order valence-electron chi connectivity index (χ0n) is 24.3. The van der Waals surface area contributed by atoms with Gasteiger partial charge in [0.1, 0.15) is 41.4 Å². The normalized spacial score (nSPS) is 24.0. The van der Waals surface area contributed by atoms with Gasteiger partial charge in [-0.1, -0.05) is 18.9 Å². The van der Waals surface area contributed by atoms with Crippen LogP contribution in [0, 0.1) is 29.9 Å². The Balaban J connectivity index is 1.38. The predicted octanol–water partition coefficient (Wildman–Crippen LogP) is 5.24. The lowest BCUT2D eigenvalue weighted by molar-refractivity contribution is 0.107. The van der Waals surface area contributed by atoms with Gasteiger partial charge in [0.15, 0.2) is 5.82 Å². The number of pyridine rings is 1. The summed E-state index contributed by atoms with van der Waals surface area (Å²) in [7, 11) is 0. The molecule has 0 spiro atoms. The molecule has 2 aromatic heterocycles. The van der Waals surface area contributed by atoms with Crippen LogP contribution in [0.5, 0.6) is 11.8 Å². The van der Waals surface area contributed by atoms with Crippen LogP contribution < -0.4 is 9.64 Å². The van der Waals surface area contributed by atoms with Crippen LogP contribution in [0.3, 0.4) is 0 Å². The number of terminal acetylenes is 1. The fourth-order valence-electron chi connectivity index (χ4n) is 7.09. The molecule has 3 fully saturated rings. The van der Waals surface area contributed by atoms with Crippen molar-refractivity contribution in [2.75, 3.05) is 50.9 Å². The van der Waals surface area contributed by atoms with Crippen molar-refractivity contribution >= 4 is 27.5 Å². The molecule has 4 aromatic rings. The third kappa shape index (κ3) is 4.86. The molecule has 1 N–H and O–H groups in total. The van der Waals surface area contributed by atoms with Crippen LogP contribution in [0.15, 0.2) is 30.5 Å². The number of rotatable bonds is 5. The first kappa shape index (κ1) is 28.6. The van der Waals surface area contributed by atoms with Gasteiger partial charge in [0.25, 0.3) is 0 Å². The zero-order valence-corrected chi connectivity index (χ0v) is 24.3. The molecule has 1 unspecified atom stereocenters. The number of aromatic nitrogens is 3. The summed E-state index contributed by atoms with van der Waals surface area (Å²) < 4.78 is 57.8. The van der Waals surface area contributed by atoms with Crippen molar-refractivity contribution in [3.05, 3.63) is 47.7 Å². The Morgan fingerprint density at radius 1 is 1.20 bits per heavy atom. The first-order chi connectivity index (χ1) is 21.3. The van der Waals surface area contributed by atoms with Gasteiger partial charge in [-0.05, 0) is 48.9 Å². The highest BCUT2D eigenvalue weighted by Crippen LogP contribution is 2.41. The zero-order chi connectivity index (χ0) is 30.6. The molecular formula is C33H32F3N5O3. The van der Waals surface area contributed by atoms with Crippen LogP contribution in [0.2, 0.25) is 0 Å². The van der Waals surface area contributed by atoms with E-state index in [1.54, 1.807) is 0 Å². The maximum Gasteiger partial charge on any atom is 0.319 e. The van der Waals surface area contributed by atoms with E-state index in [9.17, 15) is 13.9 Å². The van der Waals surface area contributed by atoms with Crippen molar-refractivity contribution in [2.24, 2.45) is 5.92 Å².